The molecule has 2 aromatic heterocycles. The lowest BCUT2D eigenvalue weighted by molar-refractivity contribution is 0.0921. The van der Waals surface area contributed by atoms with Crippen molar-refractivity contribution in [3.05, 3.63) is 59.2 Å². The van der Waals surface area contributed by atoms with Gasteiger partial charge in [-0.05, 0) is 44.2 Å². The van der Waals surface area contributed by atoms with Gasteiger partial charge < -0.3 is 5.32 Å². The lowest BCUT2D eigenvalue weighted by Crippen LogP contribution is -2.30. The van der Waals surface area contributed by atoms with E-state index in [0.29, 0.717) is 11.7 Å². The smallest absolute Gasteiger partial charge is 0.291 e. The highest BCUT2D eigenvalue weighted by atomic mass is 16.2. The number of carbonyl (C=O) groups excluding carboxylic acids is 1. The lowest BCUT2D eigenvalue weighted by Gasteiger charge is -2.17. The largest absolute Gasteiger partial charge is 0.342 e. The molecule has 6 heteroatoms. The van der Waals surface area contributed by atoms with E-state index in [-0.39, 0.29) is 17.8 Å². The van der Waals surface area contributed by atoms with Crippen LogP contribution in [-0.2, 0) is 0 Å². The number of aryl methyl sites for hydroxylation is 2. The molecule has 1 amide bonds. The Morgan fingerprint density at radius 1 is 1.21 bits per heavy atom. The van der Waals surface area contributed by atoms with Gasteiger partial charge in [-0.15, -0.1) is 5.10 Å². The van der Waals surface area contributed by atoms with Gasteiger partial charge in [0, 0.05) is 11.4 Å². The number of fused-ring (bicyclic) bond motifs is 1. The van der Waals surface area contributed by atoms with Crippen LogP contribution in [0.5, 0.6) is 0 Å². The van der Waals surface area contributed by atoms with Crippen LogP contribution >= 0.6 is 0 Å². The van der Waals surface area contributed by atoms with E-state index in [1.54, 1.807) is 4.52 Å². The highest BCUT2D eigenvalue weighted by Gasteiger charge is 2.34. The molecule has 122 valence electrons. The van der Waals surface area contributed by atoms with Gasteiger partial charge in [0.15, 0.2) is 0 Å². The van der Waals surface area contributed by atoms with Gasteiger partial charge in [0.2, 0.25) is 5.82 Å². The van der Waals surface area contributed by atoms with Crippen LogP contribution in [0.4, 0.5) is 0 Å². The number of hydrogen-bond acceptors (Lipinski definition) is 4. The second-order valence-electron chi connectivity index (χ2n) is 6.39. The topological polar surface area (TPSA) is 72.2 Å². The summed E-state index contributed by atoms with van der Waals surface area (Å²) in [6.45, 7) is 3.83. The van der Waals surface area contributed by atoms with Crippen molar-refractivity contribution in [3.8, 4) is 0 Å². The highest BCUT2D eigenvalue weighted by molar-refractivity contribution is 5.91. The van der Waals surface area contributed by atoms with Crippen LogP contribution in [0.1, 0.15) is 46.5 Å². The number of benzene rings is 1. The van der Waals surface area contributed by atoms with E-state index in [4.69, 9.17) is 0 Å². The molecule has 3 aromatic rings. The van der Waals surface area contributed by atoms with Crippen molar-refractivity contribution in [1.82, 2.24) is 24.9 Å². The lowest BCUT2D eigenvalue weighted by atomic mass is 10.0. The van der Waals surface area contributed by atoms with Crippen molar-refractivity contribution >= 4 is 11.7 Å². The van der Waals surface area contributed by atoms with Gasteiger partial charge in [-0.2, -0.15) is 4.98 Å². The quantitative estimate of drug-likeness (QED) is 0.802. The van der Waals surface area contributed by atoms with Crippen LogP contribution in [-0.4, -0.2) is 25.5 Å². The van der Waals surface area contributed by atoms with Crippen molar-refractivity contribution in [2.75, 3.05) is 0 Å². The van der Waals surface area contributed by atoms with Gasteiger partial charge in [-0.25, -0.2) is 9.50 Å². The first kappa shape index (κ1) is 14.8. The molecule has 1 unspecified atom stereocenters. The molecular formula is C18H19N5O. The van der Waals surface area contributed by atoms with Gasteiger partial charge in [0.1, 0.15) is 0 Å². The normalized spacial score (nSPS) is 15.4. The van der Waals surface area contributed by atoms with E-state index in [9.17, 15) is 4.79 Å². The van der Waals surface area contributed by atoms with Crippen LogP contribution in [0.15, 0.2) is 36.4 Å². The van der Waals surface area contributed by atoms with Crippen molar-refractivity contribution < 1.29 is 4.79 Å². The van der Waals surface area contributed by atoms with Gasteiger partial charge >= 0.3 is 0 Å². The van der Waals surface area contributed by atoms with Crippen molar-refractivity contribution in [2.45, 2.75) is 32.7 Å². The first-order valence-corrected chi connectivity index (χ1v) is 8.18. The van der Waals surface area contributed by atoms with E-state index in [1.807, 2.05) is 38.1 Å². The minimum Gasteiger partial charge on any atom is -0.342 e. The maximum Gasteiger partial charge on any atom is 0.291 e. The molecule has 1 fully saturated rings. The van der Waals surface area contributed by atoms with Crippen molar-refractivity contribution in [2.24, 2.45) is 5.92 Å². The summed E-state index contributed by atoms with van der Waals surface area (Å²) in [5, 5.41) is 7.41. The standard InChI is InChI=1S/C18H19N5O/c1-11-10-12(2)23-18(19-11)21-16(22-23)17(24)20-15(14-8-9-14)13-6-4-3-5-7-13/h3-7,10,14-15H,8-9H2,1-2H3,(H,20,24). The number of hydrogen-bond donors (Lipinski definition) is 1. The molecule has 0 bridgehead atoms. The Balaban J connectivity index is 1.62. The zero-order chi connectivity index (χ0) is 16.7. The summed E-state index contributed by atoms with van der Waals surface area (Å²) in [5.41, 5.74) is 2.90. The number of rotatable bonds is 4. The summed E-state index contributed by atoms with van der Waals surface area (Å²) in [4.78, 5) is 21.3. The third-order valence-electron chi connectivity index (χ3n) is 4.36. The monoisotopic (exact) mass is 321 g/mol. The molecule has 0 spiro atoms. The average Bonchev–Trinajstić information content (AvgIpc) is 3.31. The third-order valence-corrected chi connectivity index (χ3v) is 4.36. The molecule has 0 radical (unpaired) electrons. The Kier molecular flexibility index (Phi) is 3.52. The molecular weight excluding hydrogens is 302 g/mol. The first-order chi connectivity index (χ1) is 11.6. The minimum absolute atomic E-state index is 0.0149. The van der Waals surface area contributed by atoms with Gasteiger partial charge in [-0.1, -0.05) is 30.3 Å². The van der Waals surface area contributed by atoms with Gasteiger partial charge in [0.25, 0.3) is 11.7 Å². The second-order valence-corrected chi connectivity index (χ2v) is 6.39. The number of nitrogens with one attached hydrogen (secondary N) is 1. The Morgan fingerprint density at radius 3 is 2.67 bits per heavy atom. The predicted octanol–water partition coefficient (Wildman–Crippen LogP) is 2.62. The van der Waals surface area contributed by atoms with E-state index >= 15 is 0 Å². The van der Waals surface area contributed by atoms with E-state index in [1.165, 1.54) is 0 Å². The number of aromatic nitrogens is 4. The fourth-order valence-corrected chi connectivity index (χ4v) is 3.03. The molecule has 4 rings (SSSR count). The number of amides is 1. The summed E-state index contributed by atoms with van der Waals surface area (Å²) in [7, 11) is 0. The van der Waals surface area contributed by atoms with Crippen LogP contribution in [0, 0.1) is 19.8 Å². The van der Waals surface area contributed by atoms with E-state index < -0.39 is 0 Å². The van der Waals surface area contributed by atoms with Crippen molar-refractivity contribution in [1.29, 1.82) is 0 Å². The zero-order valence-electron chi connectivity index (χ0n) is 13.7. The summed E-state index contributed by atoms with van der Waals surface area (Å²) in [6.07, 6.45) is 2.27. The average molecular weight is 321 g/mol. The van der Waals surface area contributed by atoms with Crippen LogP contribution in [0.25, 0.3) is 5.78 Å². The fourth-order valence-electron chi connectivity index (χ4n) is 3.03. The molecule has 1 atom stereocenters. The molecule has 0 aliphatic heterocycles. The summed E-state index contributed by atoms with van der Waals surface area (Å²) in [5.74, 6) is 0.868. The Hall–Kier alpha value is -2.76. The molecule has 1 aliphatic carbocycles. The maximum atomic E-state index is 12.6. The fraction of sp³-hybridized carbons (Fsp3) is 0.333. The summed E-state index contributed by atoms with van der Waals surface area (Å²) >= 11 is 0. The first-order valence-electron chi connectivity index (χ1n) is 8.18. The SMILES string of the molecule is Cc1cc(C)n2nc(C(=O)NC(c3ccccc3)C3CC3)nc2n1. The second kappa shape index (κ2) is 5.70. The van der Waals surface area contributed by atoms with E-state index in [2.05, 4.69) is 32.5 Å². The Bertz CT molecular complexity index is 898. The van der Waals surface area contributed by atoms with Crippen molar-refractivity contribution in [3.63, 3.8) is 0 Å². The molecule has 1 aliphatic rings. The van der Waals surface area contributed by atoms with Gasteiger partial charge in [-0.3, -0.25) is 4.79 Å². The molecule has 0 saturated heterocycles. The molecule has 6 nitrogen and oxygen atoms in total. The summed E-state index contributed by atoms with van der Waals surface area (Å²) < 4.78 is 1.61. The zero-order valence-corrected chi connectivity index (χ0v) is 13.7. The molecule has 1 aromatic carbocycles. The Labute approximate surface area is 139 Å². The van der Waals surface area contributed by atoms with E-state index in [0.717, 1.165) is 29.8 Å². The van der Waals surface area contributed by atoms with Crippen LogP contribution in [0.2, 0.25) is 0 Å². The van der Waals surface area contributed by atoms with Crippen LogP contribution < -0.4 is 5.32 Å². The minimum atomic E-state index is -0.252. The number of nitrogens with zero attached hydrogens (tertiary/aromatic N) is 4. The highest BCUT2D eigenvalue weighted by Crippen LogP contribution is 2.41. The van der Waals surface area contributed by atoms with Crippen LogP contribution in [0.3, 0.4) is 0 Å². The maximum absolute atomic E-state index is 12.6. The molecule has 24 heavy (non-hydrogen) atoms. The number of carbonyl (C=O) groups is 1. The third kappa shape index (κ3) is 2.75. The summed E-state index contributed by atoms with van der Waals surface area (Å²) in [6, 6.07) is 12.0. The molecule has 1 saturated carbocycles. The van der Waals surface area contributed by atoms with Gasteiger partial charge in [0.05, 0.1) is 6.04 Å². The Morgan fingerprint density at radius 2 is 1.96 bits per heavy atom. The molecule has 1 N–H and O–H groups in total. The predicted molar refractivity (Wildman–Crippen MR) is 89.6 cm³/mol. The molecule has 2 heterocycles.